The highest BCUT2D eigenvalue weighted by molar-refractivity contribution is 4.67. The van der Waals surface area contributed by atoms with E-state index in [-0.39, 0.29) is 6.61 Å². The smallest absolute Gasteiger partial charge is 0.0591 e. The van der Waals surface area contributed by atoms with Gasteiger partial charge in [0, 0.05) is 6.61 Å². The summed E-state index contributed by atoms with van der Waals surface area (Å²) in [6, 6.07) is 0. The summed E-state index contributed by atoms with van der Waals surface area (Å²) in [5.41, 5.74) is 0. The molecule has 1 atom stereocenters. The van der Waals surface area contributed by atoms with Gasteiger partial charge in [-0.25, -0.2) is 0 Å². The van der Waals surface area contributed by atoms with Gasteiger partial charge in [-0.1, -0.05) is 6.92 Å². The zero-order valence-electron chi connectivity index (χ0n) is 4.46. The summed E-state index contributed by atoms with van der Waals surface area (Å²) < 4.78 is 0. The molecule has 0 aliphatic heterocycles. The highest BCUT2D eigenvalue weighted by Crippen LogP contribution is 1.91. The molecule has 0 heterocycles. The van der Waals surface area contributed by atoms with Gasteiger partial charge in [-0.15, -0.1) is 0 Å². The molecule has 0 bridgehead atoms. The van der Waals surface area contributed by atoms with Crippen LogP contribution in [0.1, 0.15) is 13.3 Å². The van der Waals surface area contributed by atoms with Crippen LogP contribution in [0.2, 0.25) is 0 Å². The number of aliphatic hydroxyl groups is 2. The van der Waals surface area contributed by atoms with Crippen molar-refractivity contribution < 1.29 is 10.2 Å². The van der Waals surface area contributed by atoms with Gasteiger partial charge in [-0.3, -0.25) is 0 Å². The normalized spacial score (nSPS) is 14.1. The Balaban J connectivity index is 2.83. The van der Waals surface area contributed by atoms with Gasteiger partial charge in [0.15, 0.2) is 0 Å². The molecule has 0 saturated carbocycles. The molecule has 0 aliphatic rings. The molecule has 0 fully saturated rings. The topological polar surface area (TPSA) is 40.5 Å². The minimum Gasteiger partial charge on any atom is -0.396 e. The summed E-state index contributed by atoms with van der Waals surface area (Å²) in [7, 11) is 0. The van der Waals surface area contributed by atoms with E-state index in [4.69, 9.17) is 10.2 Å². The summed E-state index contributed by atoms with van der Waals surface area (Å²) in [5.74, 6) is 0. The molecule has 2 nitrogen and oxygen atoms in total. The molecule has 43 valence electrons. The average molecular weight is 103 g/mol. The van der Waals surface area contributed by atoms with Crippen LogP contribution in [0.4, 0.5) is 0 Å². The Hall–Kier alpha value is -0.0800. The zero-order valence-corrected chi connectivity index (χ0v) is 4.46. The summed E-state index contributed by atoms with van der Waals surface area (Å²) >= 11 is 0. The van der Waals surface area contributed by atoms with Crippen molar-refractivity contribution >= 4 is 0 Å². The van der Waals surface area contributed by atoms with Crippen molar-refractivity contribution in [2.45, 2.75) is 19.4 Å². The highest BCUT2D eigenvalue weighted by atomic mass is 16.3. The minimum absolute atomic E-state index is 0.0610. The monoisotopic (exact) mass is 103 g/mol. The van der Waals surface area contributed by atoms with E-state index in [1.807, 2.05) is 0 Å². The lowest BCUT2D eigenvalue weighted by Crippen LogP contribution is -2.06. The third-order valence-electron chi connectivity index (χ3n) is 0.810. The molecule has 0 aromatic rings. The molecule has 1 radical (unpaired) electrons. The van der Waals surface area contributed by atoms with Crippen LogP contribution >= 0.6 is 0 Å². The lowest BCUT2D eigenvalue weighted by molar-refractivity contribution is 0.158. The van der Waals surface area contributed by atoms with Crippen molar-refractivity contribution in [3.05, 3.63) is 6.42 Å². The number of hydrogen-bond donors (Lipinski definition) is 2. The molecule has 0 amide bonds. The van der Waals surface area contributed by atoms with Gasteiger partial charge in [-0.2, -0.15) is 0 Å². The van der Waals surface area contributed by atoms with Crippen LogP contribution in [0.3, 0.4) is 0 Å². The van der Waals surface area contributed by atoms with Gasteiger partial charge in [0.1, 0.15) is 0 Å². The maximum Gasteiger partial charge on any atom is 0.0591 e. The average Bonchev–Trinajstić information content (AvgIpc) is 1.68. The zero-order chi connectivity index (χ0) is 5.70. The Morgan fingerprint density at radius 2 is 2.29 bits per heavy atom. The van der Waals surface area contributed by atoms with Crippen molar-refractivity contribution in [2.75, 3.05) is 6.61 Å². The fraction of sp³-hybridized carbons (Fsp3) is 0.800. The maximum atomic E-state index is 8.64. The molecule has 0 rings (SSSR count). The predicted octanol–water partition coefficient (Wildman–Crippen LogP) is -0.0461. The minimum atomic E-state index is -0.426. The predicted molar refractivity (Wildman–Crippen MR) is 27.7 cm³/mol. The van der Waals surface area contributed by atoms with Crippen LogP contribution in [0.5, 0.6) is 0 Å². The molecule has 0 saturated heterocycles. The largest absolute Gasteiger partial charge is 0.396 e. The number of aliphatic hydroxyl groups excluding tert-OH is 2. The van der Waals surface area contributed by atoms with Gasteiger partial charge in [0.2, 0.25) is 0 Å². The first-order chi connectivity index (χ1) is 3.31. The molecular formula is C5H11O2. The van der Waals surface area contributed by atoms with E-state index in [9.17, 15) is 0 Å². The number of rotatable bonds is 3. The quantitative estimate of drug-likeness (QED) is 0.526. The second kappa shape index (κ2) is 4.09. The molecular weight excluding hydrogens is 92.1 g/mol. The van der Waals surface area contributed by atoms with Crippen molar-refractivity contribution in [1.29, 1.82) is 0 Å². The summed E-state index contributed by atoms with van der Waals surface area (Å²) in [6.45, 7) is 1.83. The van der Waals surface area contributed by atoms with Crippen LogP contribution in [0.25, 0.3) is 0 Å². The molecule has 2 N–H and O–H groups in total. The first-order valence-corrected chi connectivity index (χ1v) is 2.39. The van der Waals surface area contributed by atoms with E-state index in [0.717, 1.165) is 0 Å². The van der Waals surface area contributed by atoms with E-state index in [1.54, 1.807) is 13.3 Å². The van der Waals surface area contributed by atoms with Crippen LogP contribution in [0.15, 0.2) is 0 Å². The second-order valence-electron chi connectivity index (χ2n) is 1.41. The first-order valence-electron chi connectivity index (χ1n) is 2.39. The van der Waals surface area contributed by atoms with Gasteiger partial charge < -0.3 is 10.2 Å². The Morgan fingerprint density at radius 3 is 2.43 bits per heavy atom. The highest BCUT2D eigenvalue weighted by Gasteiger charge is 1.95. The SMILES string of the molecule is C[CH]C(O)CCO. The standard InChI is InChI=1S/C5H11O2/c1-2-5(7)3-4-6/h2,5-7H,3-4H2,1H3. The molecule has 1 unspecified atom stereocenters. The van der Waals surface area contributed by atoms with Gasteiger partial charge >= 0.3 is 0 Å². The Bertz CT molecular complexity index is 37.1. The summed E-state index contributed by atoms with van der Waals surface area (Å²) in [4.78, 5) is 0. The van der Waals surface area contributed by atoms with Crippen LogP contribution in [-0.2, 0) is 0 Å². The first kappa shape index (κ1) is 6.92. The van der Waals surface area contributed by atoms with E-state index < -0.39 is 6.10 Å². The Kier molecular flexibility index (Phi) is 4.04. The van der Waals surface area contributed by atoms with Crippen molar-refractivity contribution in [3.8, 4) is 0 Å². The lowest BCUT2D eigenvalue weighted by atomic mass is 10.2. The number of hydrogen-bond acceptors (Lipinski definition) is 2. The molecule has 0 spiro atoms. The van der Waals surface area contributed by atoms with Crippen LogP contribution < -0.4 is 0 Å². The van der Waals surface area contributed by atoms with E-state index in [0.29, 0.717) is 6.42 Å². The van der Waals surface area contributed by atoms with Crippen molar-refractivity contribution in [1.82, 2.24) is 0 Å². The Labute approximate surface area is 43.8 Å². The second-order valence-corrected chi connectivity index (χ2v) is 1.41. The van der Waals surface area contributed by atoms with Gasteiger partial charge in [0.25, 0.3) is 0 Å². The molecule has 7 heavy (non-hydrogen) atoms. The Morgan fingerprint density at radius 1 is 1.71 bits per heavy atom. The van der Waals surface area contributed by atoms with Crippen molar-refractivity contribution in [3.63, 3.8) is 0 Å². The third-order valence-corrected chi connectivity index (χ3v) is 0.810. The van der Waals surface area contributed by atoms with Crippen LogP contribution in [-0.4, -0.2) is 22.9 Å². The molecule has 2 heteroatoms. The summed E-state index contributed by atoms with van der Waals surface area (Å²) in [6.07, 6.45) is 1.68. The van der Waals surface area contributed by atoms with Gasteiger partial charge in [-0.05, 0) is 12.8 Å². The van der Waals surface area contributed by atoms with Crippen molar-refractivity contribution in [2.24, 2.45) is 0 Å². The molecule has 0 aliphatic carbocycles. The molecule has 0 aromatic heterocycles. The fourth-order valence-corrected chi connectivity index (χ4v) is 0.299. The molecule has 0 aromatic carbocycles. The lowest BCUT2D eigenvalue weighted by Gasteiger charge is -2.00. The van der Waals surface area contributed by atoms with Crippen LogP contribution in [0, 0.1) is 6.42 Å². The van der Waals surface area contributed by atoms with Gasteiger partial charge in [0.05, 0.1) is 6.10 Å². The van der Waals surface area contributed by atoms with E-state index in [1.165, 1.54) is 0 Å². The summed E-state index contributed by atoms with van der Waals surface area (Å²) in [5, 5.41) is 16.8. The van der Waals surface area contributed by atoms with E-state index >= 15 is 0 Å². The third kappa shape index (κ3) is 3.76. The maximum absolute atomic E-state index is 8.64. The van der Waals surface area contributed by atoms with E-state index in [2.05, 4.69) is 0 Å². The fourth-order valence-electron chi connectivity index (χ4n) is 0.299.